The van der Waals surface area contributed by atoms with Crippen molar-refractivity contribution in [3.63, 3.8) is 0 Å². The summed E-state index contributed by atoms with van der Waals surface area (Å²) in [7, 11) is 0. The van der Waals surface area contributed by atoms with Crippen LogP contribution in [-0.4, -0.2) is 10.7 Å². The molecule has 2 aliphatic carbocycles. The van der Waals surface area contributed by atoms with Crippen molar-refractivity contribution in [2.45, 2.75) is 38.2 Å². The molecule has 1 N–H and O–H groups in total. The van der Waals surface area contributed by atoms with E-state index in [-0.39, 0.29) is 5.60 Å². The summed E-state index contributed by atoms with van der Waals surface area (Å²) in [6, 6.07) is 0. The molecule has 1 heteroatoms. The predicted molar refractivity (Wildman–Crippen MR) is 36.1 cm³/mol. The van der Waals surface area contributed by atoms with Gasteiger partial charge in [0.05, 0.1) is 5.60 Å². The Morgan fingerprint density at radius 2 is 2.33 bits per heavy atom. The molecule has 9 heavy (non-hydrogen) atoms. The monoisotopic (exact) mass is 126 g/mol. The maximum absolute atomic E-state index is 9.68. The van der Waals surface area contributed by atoms with E-state index in [1.165, 1.54) is 19.3 Å². The number of rotatable bonds is 0. The summed E-state index contributed by atoms with van der Waals surface area (Å²) in [5.41, 5.74) is -0.289. The smallest absolute Gasteiger partial charge is 0.0650 e. The topological polar surface area (TPSA) is 20.2 Å². The third kappa shape index (κ3) is 0.787. The summed E-state index contributed by atoms with van der Waals surface area (Å²) in [6.45, 7) is 2.00. The summed E-state index contributed by atoms with van der Waals surface area (Å²) >= 11 is 0. The molecule has 2 rings (SSSR count). The third-order valence-corrected chi connectivity index (χ3v) is 2.98. The van der Waals surface area contributed by atoms with E-state index in [9.17, 15) is 5.11 Å². The van der Waals surface area contributed by atoms with Gasteiger partial charge in [0.2, 0.25) is 0 Å². The van der Waals surface area contributed by atoms with Crippen LogP contribution >= 0.6 is 0 Å². The zero-order chi connectivity index (χ0) is 6.48. The van der Waals surface area contributed by atoms with Crippen LogP contribution in [-0.2, 0) is 0 Å². The molecule has 0 aromatic heterocycles. The Balaban J connectivity index is 2.09. The number of fused-ring (bicyclic) bond motifs is 1. The highest BCUT2D eigenvalue weighted by atomic mass is 16.3. The van der Waals surface area contributed by atoms with Crippen LogP contribution in [0, 0.1) is 11.8 Å². The Labute approximate surface area is 56.1 Å². The molecule has 2 fully saturated rings. The normalized spacial score (nSPS) is 56.7. The van der Waals surface area contributed by atoms with Gasteiger partial charge in [-0.25, -0.2) is 0 Å². The summed E-state index contributed by atoms with van der Waals surface area (Å²) in [6.07, 6.45) is 4.95. The molecule has 0 unspecified atom stereocenters. The second-order valence-electron chi connectivity index (χ2n) is 3.85. The van der Waals surface area contributed by atoms with Crippen molar-refractivity contribution in [1.82, 2.24) is 0 Å². The first-order valence-electron chi connectivity index (χ1n) is 3.92. The average molecular weight is 126 g/mol. The van der Waals surface area contributed by atoms with Crippen molar-refractivity contribution in [3.05, 3.63) is 0 Å². The van der Waals surface area contributed by atoms with Gasteiger partial charge < -0.3 is 5.11 Å². The minimum atomic E-state index is -0.289. The van der Waals surface area contributed by atoms with Crippen LogP contribution < -0.4 is 0 Å². The molecule has 0 aliphatic heterocycles. The number of hydrogen-bond acceptors (Lipinski definition) is 1. The first kappa shape index (κ1) is 5.72. The molecule has 0 aromatic rings. The van der Waals surface area contributed by atoms with Crippen molar-refractivity contribution in [1.29, 1.82) is 0 Å². The van der Waals surface area contributed by atoms with Gasteiger partial charge >= 0.3 is 0 Å². The largest absolute Gasteiger partial charge is 0.390 e. The van der Waals surface area contributed by atoms with Crippen LogP contribution in [0.3, 0.4) is 0 Å². The zero-order valence-electron chi connectivity index (χ0n) is 5.93. The molecule has 52 valence electrons. The predicted octanol–water partition coefficient (Wildman–Crippen LogP) is 1.56. The molecule has 0 aromatic carbocycles. The maximum atomic E-state index is 9.68. The second-order valence-corrected chi connectivity index (χ2v) is 3.85. The summed E-state index contributed by atoms with van der Waals surface area (Å²) in [4.78, 5) is 0. The van der Waals surface area contributed by atoms with Crippen molar-refractivity contribution >= 4 is 0 Å². The average Bonchev–Trinajstić information content (AvgIpc) is 2.43. The molecule has 0 amide bonds. The lowest BCUT2D eigenvalue weighted by Gasteiger charge is -2.27. The summed E-state index contributed by atoms with van der Waals surface area (Å²) in [5.74, 6) is 1.57. The Morgan fingerprint density at radius 1 is 1.56 bits per heavy atom. The quantitative estimate of drug-likeness (QED) is 0.522. The van der Waals surface area contributed by atoms with Crippen LogP contribution in [0.25, 0.3) is 0 Å². The highest BCUT2D eigenvalue weighted by Crippen LogP contribution is 2.54. The molecule has 0 saturated heterocycles. The maximum Gasteiger partial charge on any atom is 0.0650 e. The molecular weight excluding hydrogens is 112 g/mol. The van der Waals surface area contributed by atoms with Gasteiger partial charge in [-0.3, -0.25) is 0 Å². The first-order chi connectivity index (χ1) is 4.20. The van der Waals surface area contributed by atoms with Crippen molar-refractivity contribution in [2.24, 2.45) is 11.8 Å². The molecule has 2 saturated carbocycles. The number of hydrogen-bond donors (Lipinski definition) is 1. The lowest BCUT2D eigenvalue weighted by atomic mass is 9.86. The van der Waals surface area contributed by atoms with E-state index in [4.69, 9.17) is 0 Å². The third-order valence-electron chi connectivity index (χ3n) is 2.98. The van der Waals surface area contributed by atoms with Crippen LogP contribution in [0.2, 0.25) is 0 Å². The van der Waals surface area contributed by atoms with E-state index in [0.717, 1.165) is 12.3 Å². The van der Waals surface area contributed by atoms with E-state index in [1.807, 2.05) is 6.92 Å². The molecule has 0 spiro atoms. The summed E-state index contributed by atoms with van der Waals surface area (Å²) < 4.78 is 0. The minimum absolute atomic E-state index is 0.289. The molecule has 0 radical (unpaired) electrons. The highest BCUT2D eigenvalue weighted by Gasteiger charge is 2.51. The van der Waals surface area contributed by atoms with E-state index >= 15 is 0 Å². The van der Waals surface area contributed by atoms with Crippen molar-refractivity contribution in [2.75, 3.05) is 0 Å². The highest BCUT2D eigenvalue weighted by molar-refractivity contribution is 5.01. The first-order valence-corrected chi connectivity index (χ1v) is 3.92. The van der Waals surface area contributed by atoms with Crippen LogP contribution in [0.5, 0.6) is 0 Å². The van der Waals surface area contributed by atoms with Gasteiger partial charge in [-0.05, 0) is 38.0 Å². The SMILES string of the molecule is C[C@]1(O)CCC[C@@H]2C[C@H]21. The van der Waals surface area contributed by atoms with Crippen LogP contribution in [0.15, 0.2) is 0 Å². The van der Waals surface area contributed by atoms with Crippen molar-refractivity contribution < 1.29 is 5.11 Å². The fraction of sp³-hybridized carbons (Fsp3) is 1.00. The van der Waals surface area contributed by atoms with Crippen molar-refractivity contribution in [3.8, 4) is 0 Å². The molecule has 2 aliphatic rings. The Hall–Kier alpha value is -0.0400. The molecule has 1 nitrogen and oxygen atoms in total. The summed E-state index contributed by atoms with van der Waals surface area (Å²) in [5, 5.41) is 9.68. The van der Waals surface area contributed by atoms with E-state index in [2.05, 4.69) is 0 Å². The van der Waals surface area contributed by atoms with Gasteiger partial charge in [0.25, 0.3) is 0 Å². The van der Waals surface area contributed by atoms with E-state index in [0.29, 0.717) is 5.92 Å². The molecule has 3 atom stereocenters. The van der Waals surface area contributed by atoms with Crippen LogP contribution in [0.1, 0.15) is 32.6 Å². The van der Waals surface area contributed by atoms with Gasteiger partial charge in [-0.1, -0.05) is 6.42 Å². The number of aliphatic hydroxyl groups is 1. The van der Waals surface area contributed by atoms with Crippen LogP contribution in [0.4, 0.5) is 0 Å². The fourth-order valence-corrected chi connectivity index (χ4v) is 2.24. The fourth-order valence-electron chi connectivity index (χ4n) is 2.24. The van der Waals surface area contributed by atoms with Gasteiger partial charge in [-0.15, -0.1) is 0 Å². The van der Waals surface area contributed by atoms with E-state index < -0.39 is 0 Å². The minimum Gasteiger partial charge on any atom is -0.390 e. The van der Waals surface area contributed by atoms with Gasteiger partial charge in [0.1, 0.15) is 0 Å². The Bertz CT molecular complexity index is 129. The molecule has 0 bridgehead atoms. The lowest BCUT2D eigenvalue weighted by molar-refractivity contribution is 0.00747. The Morgan fingerprint density at radius 3 is 2.89 bits per heavy atom. The molecule has 0 heterocycles. The standard InChI is InChI=1S/C8H14O/c1-8(9)4-2-3-6-5-7(6)8/h6-7,9H,2-5H2,1H3/t6-,7-,8+/m1/s1. The van der Waals surface area contributed by atoms with E-state index in [1.54, 1.807) is 0 Å². The zero-order valence-corrected chi connectivity index (χ0v) is 5.93. The van der Waals surface area contributed by atoms with Gasteiger partial charge in [-0.2, -0.15) is 0 Å². The Kier molecular flexibility index (Phi) is 0.963. The van der Waals surface area contributed by atoms with Gasteiger partial charge in [0, 0.05) is 0 Å². The second kappa shape index (κ2) is 1.51. The van der Waals surface area contributed by atoms with Gasteiger partial charge in [0.15, 0.2) is 0 Å². The molecular formula is C8H14O. The lowest BCUT2D eigenvalue weighted by Crippen LogP contribution is -2.30.